The number of benzene rings is 9. The van der Waals surface area contributed by atoms with Crippen LogP contribution in [-0.2, 0) is 12.8 Å². The fraction of sp³-hybridized carbons (Fsp3) is 0.261. The molecule has 0 saturated heterocycles. The van der Waals surface area contributed by atoms with Gasteiger partial charge in [0.2, 0.25) is 12.5 Å². The van der Waals surface area contributed by atoms with Crippen molar-refractivity contribution in [3.05, 3.63) is 296 Å². The van der Waals surface area contributed by atoms with Crippen LogP contribution in [0.15, 0.2) is 241 Å². The van der Waals surface area contributed by atoms with Gasteiger partial charge in [-0.15, -0.1) is 0 Å². The van der Waals surface area contributed by atoms with E-state index in [2.05, 4.69) is 90.5 Å². The molecule has 0 unspecified atom stereocenters. The van der Waals surface area contributed by atoms with Crippen LogP contribution in [-0.4, -0.2) is 83.0 Å². The Balaban J connectivity index is 0.000000596. The smallest absolute Gasteiger partial charge is 0.231 e. The topological polar surface area (TPSA) is 122 Å². The summed E-state index contributed by atoms with van der Waals surface area (Å²) in [5.74, 6) is 8.60. The number of methoxy groups -OCH3 is 9. The van der Waals surface area contributed by atoms with Crippen molar-refractivity contribution in [1.29, 1.82) is 0 Å². The molecule has 9 aromatic rings. The van der Waals surface area contributed by atoms with E-state index < -0.39 is 0 Å². The third kappa shape index (κ3) is 38.4. The van der Waals surface area contributed by atoms with Gasteiger partial charge in [0.05, 0.1) is 64.0 Å². The lowest BCUT2D eigenvalue weighted by Crippen LogP contribution is -1.95. The molecule has 12 nitrogen and oxygen atoms in total. The second kappa shape index (κ2) is 60.0. The number of aliphatic hydroxyl groups excluding tert-OH is 1. The van der Waals surface area contributed by atoms with Crippen LogP contribution in [0.25, 0.3) is 42.5 Å². The Morgan fingerprint density at radius 2 is 0.708 bits per heavy atom. The maximum atomic E-state index is 7.00. The van der Waals surface area contributed by atoms with Crippen molar-refractivity contribution >= 4 is 70.1 Å². The Bertz CT molecular complexity index is 3950. The number of rotatable bonds is 20. The summed E-state index contributed by atoms with van der Waals surface area (Å²) in [4.78, 5) is 0. The molecular formula is C92H114BrClO12. The molecule has 9 aromatic carbocycles. The Hall–Kier alpha value is -10.3. The van der Waals surface area contributed by atoms with Crippen molar-refractivity contribution in [2.75, 3.05) is 77.9 Å². The van der Waals surface area contributed by atoms with E-state index in [0.29, 0.717) is 24.0 Å². The maximum Gasteiger partial charge on any atom is 0.231 e. The molecule has 1 aliphatic rings. The number of aryl methyl sites for hydroxylation is 2. The van der Waals surface area contributed by atoms with Crippen molar-refractivity contribution in [3.8, 4) is 63.2 Å². The van der Waals surface area contributed by atoms with E-state index in [1.165, 1.54) is 34.2 Å². The van der Waals surface area contributed by atoms with E-state index in [4.69, 9.17) is 68.8 Å². The average molecular weight is 1530 g/mol. The Morgan fingerprint density at radius 1 is 0.340 bits per heavy atom. The molecule has 14 heteroatoms. The van der Waals surface area contributed by atoms with Gasteiger partial charge in [-0.25, -0.2) is 0 Å². The van der Waals surface area contributed by atoms with Crippen molar-refractivity contribution in [2.24, 2.45) is 0 Å². The SMILES string of the molecule is C/C=C/c1cc(OC)c(OC)c(OC)c1.C/C=C/c1ccc(Br)cc1.C/C=C/c1ccc(OC)c(OC)c1.C/C=C/c1ccc(OC)cc1.C/C=C/c1ccc2c(c1)OCO2.C/C=C/c1ccccc1.C/C=C/c1ccccc1Cl.CCCc1ccc(OC)c(OC)c1.CCCc1ccc(OC)cc1.CO. The second-order valence-corrected chi connectivity index (χ2v) is 23.3. The summed E-state index contributed by atoms with van der Waals surface area (Å²) in [6.45, 7) is 18.6. The molecule has 1 N–H and O–H groups in total. The maximum absolute atomic E-state index is 7.00. The Labute approximate surface area is 648 Å². The number of aliphatic hydroxyl groups is 1. The summed E-state index contributed by atoms with van der Waals surface area (Å²) in [5.41, 5.74) is 10.7. The first kappa shape index (κ1) is 93.7. The minimum Gasteiger partial charge on any atom is -0.497 e. The van der Waals surface area contributed by atoms with Crippen LogP contribution in [0.3, 0.4) is 0 Å². The van der Waals surface area contributed by atoms with Gasteiger partial charge >= 0.3 is 0 Å². The summed E-state index contributed by atoms with van der Waals surface area (Å²) in [6.07, 6.45) is 32.8. The molecule has 0 spiro atoms. The van der Waals surface area contributed by atoms with Gasteiger partial charge in [0.25, 0.3) is 0 Å². The first-order valence-corrected chi connectivity index (χ1v) is 36.1. The molecule has 0 aromatic heterocycles. The molecule has 0 amide bonds. The molecule has 1 heterocycles. The summed E-state index contributed by atoms with van der Waals surface area (Å²) in [6, 6.07) is 64.1. The lowest BCUT2D eigenvalue weighted by molar-refractivity contribution is 0.174. The highest BCUT2D eigenvalue weighted by atomic mass is 79.9. The van der Waals surface area contributed by atoms with E-state index in [-0.39, 0.29) is 0 Å². The number of allylic oxidation sites excluding steroid dienone is 7. The quantitative estimate of drug-likeness (QED) is 0.0782. The van der Waals surface area contributed by atoms with Crippen LogP contribution < -0.4 is 52.1 Å². The molecule has 106 heavy (non-hydrogen) atoms. The van der Waals surface area contributed by atoms with Crippen molar-refractivity contribution in [1.82, 2.24) is 0 Å². The van der Waals surface area contributed by atoms with E-state index in [0.717, 1.165) is 104 Å². The lowest BCUT2D eigenvalue weighted by atomic mass is 10.1. The fourth-order valence-electron chi connectivity index (χ4n) is 9.37. The minimum absolute atomic E-state index is 0.342. The molecule has 568 valence electrons. The number of ether oxygens (including phenoxy) is 11. The van der Waals surface area contributed by atoms with Gasteiger partial charge in [0.15, 0.2) is 46.0 Å². The van der Waals surface area contributed by atoms with Gasteiger partial charge in [0, 0.05) is 16.6 Å². The molecule has 0 bridgehead atoms. The molecule has 10 rings (SSSR count). The summed E-state index contributed by atoms with van der Waals surface area (Å²) in [7, 11) is 15.7. The molecule has 0 atom stereocenters. The molecule has 0 saturated carbocycles. The van der Waals surface area contributed by atoms with E-state index in [1.54, 1.807) is 64.0 Å². The summed E-state index contributed by atoms with van der Waals surface area (Å²) in [5, 5.41) is 7.81. The van der Waals surface area contributed by atoms with Crippen LogP contribution in [0.5, 0.6) is 63.2 Å². The molecule has 1 aliphatic heterocycles. The largest absolute Gasteiger partial charge is 0.497 e. The minimum atomic E-state index is 0.342. The van der Waals surface area contributed by atoms with Gasteiger partial charge in [-0.1, -0.05) is 242 Å². The highest BCUT2D eigenvalue weighted by molar-refractivity contribution is 9.10. The predicted molar refractivity (Wildman–Crippen MR) is 455 cm³/mol. The highest BCUT2D eigenvalue weighted by Crippen LogP contribution is 2.39. The zero-order chi connectivity index (χ0) is 78.5. The van der Waals surface area contributed by atoms with Gasteiger partial charge < -0.3 is 57.2 Å². The number of fused-ring (bicyclic) bond motifs is 1. The third-order valence-corrected chi connectivity index (χ3v) is 15.2. The van der Waals surface area contributed by atoms with E-state index >= 15 is 0 Å². The molecule has 0 fully saturated rings. The van der Waals surface area contributed by atoms with Crippen molar-refractivity contribution in [2.45, 2.75) is 88.0 Å². The van der Waals surface area contributed by atoms with E-state index in [1.807, 2.05) is 267 Å². The molecular weight excluding hydrogens is 1410 g/mol. The molecule has 0 aliphatic carbocycles. The van der Waals surface area contributed by atoms with Crippen LogP contribution in [0, 0.1) is 0 Å². The lowest BCUT2D eigenvalue weighted by Gasteiger charge is -2.12. The zero-order valence-electron chi connectivity index (χ0n) is 65.8. The normalized spacial score (nSPS) is 10.5. The fourth-order valence-corrected chi connectivity index (χ4v) is 9.84. The Kier molecular flexibility index (Phi) is 53.0. The van der Waals surface area contributed by atoms with Gasteiger partial charge in [-0.3, -0.25) is 0 Å². The van der Waals surface area contributed by atoms with Crippen LogP contribution >= 0.6 is 27.5 Å². The van der Waals surface area contributed by atoms with Crippen LogP contribution in [0.4, 0.5) is 0 Å². The highest BCUT2D eigenvalue weighted by Gasteiger charge is 2.13. The van der Waals surface area contributed by atoms with Gasteiger partial charge in [-0.05, 0) is 202 Å². The van der Waals surface area contributed by atoms with Crippen LogP contribution in [0.2, 0.25) is 5.02 Å². The average Bonchev–Trinajstić information content (AvgIpc) is 0.922. The number of hydrogen-bond acceptors (Lipinski definition) is 12. The number of hydrogen-bond donors (Lipinski definition) is 1. The monoisotopic (exact) mass is 1520 g/mol. The standard InChI is InChI=1S/C12H16O3.C11H16O2.C11H14O2.C10H10O2.C10H14O.C10H12O.C9H9Br.C9H9Cl.C9H10.CH4O/c1-5-6-9-7-10(13-2)12(15-4)11(8-9)14-3;2*1-4-5-9-6-7-10(12-2)11(8-9)13-3;1-2-3-8-4-5-9-10(6-8)12-7-11-9;2*1-3-4-9-5-7-10(11-2)8-6-9;1-2-3-8-4-6-9(10)7-5-8;1-2-5-8-6-3-4-7-9(8)10;1-2-6-9-7-4-3-5-8-9;1-2/h5-8H,1-4H3;6-8H,4-5H2,1-3H3;4-8H,1-3H3;2-6H,7H2,1H3;5-8H,3-4H2,1-2H3;3-8H,1-2H3;2*2-7H,1H3;2-8H,1H3;2H,1H3/b6-5+;;5-4+;3-2+;;4-3+;3-2+;5-2+;6-2+;. The van der Waals surface area contributed by atoms with E-state index in [9.17, 15) is 0 Å². The first-order chi connectivity index (χ1) is 51.6. The predicted octanol–water partition coefficient (Wildman–Crippen LogP) is 25.1. The molecule has 0 radical (unpaired) electrons. The van der Waals surface area contributed by atoms with Gasteiger partial charge in [-0.2, -0.15) is 0 Å². The zero-order valence-corrected chi connectivity index (χ0v) is 68.1. The second-order valence-electron chi connectivity index (χ2n) is 22.0. The Morgan fingerprint density at radius 3 is 1.17 bits per heavy atom. The van der Waals surface area contributed by atoms with Gasteiger partial charge in [0.1, 0.15) is 11.5 Å². The van der Waals surface area contributed by atoms with Crippen molar-refractivity contribution in [3.63, 3.8) is 0 Å². The number of halogens is 2. The van der Waals surface area contributed by atoms with Crippen LogP contribution in [0.1, 0.15) is 125 Å². The summed E-state index contributed by atoms with van der Waals surface area (Å²) < 4.78 is 57.9. The van der Waals surface area contributed by atoms with Crippen molar-refractivity contribution < 1.29 is 57.2 Å². The first-order valence-electron chi connectivity index (χ1n) is 34.9. The third-order valence-electron chi connectivity index (χ3n) is 14.4. The summed E-state index contributed by atoms with van der Waals surface area (Å²) >= 11 is 9.22.